The molecule has 2 aliphatic rings. The van der Waals surface area contributed by atoms with E-state index in [-0.39, 0.29) is 11.0 Å². The first-order chi connectivity index (χ1) is 9.19. The summed E-state index contributed by atoms with van der Waals surface area (Å²) in [7, 11) is 0. The van der Waals surface area contributed by atoms with E-state index in [2.05, 4.69) is 5.32 Å². The molecule has 0 bridgehead atoms. The van der Waals surface area contributed by atoms with Gasteiger partial charge in [-0.05, 0) is 49.7 Å². The van der Waals surface area contributed by atoms with Gasteiger partial charge in [0.15, 0.2) is 0 Å². The summed E-state index contributed by atoms with van der Waals surface area (Å²) in [6.45, 7) is 0.908. The van der Waals surface area contributed by atoms with Crippen molar-refractivity contribution in [1.82, 2.24) is 5.32 Å². The maximum absolute atomic E-state index is 13.8. The standard InChI is InChI=1S/C16H21F2N/c17-14-4-3-5-15(18)13(14)10-16(8-1-2-9-16)11-19-12-6-7-12/h3-5,12,19H,1-2,6-11H2. The van der Waals surface area contributed by atoms with Gasteiger partial charge in [0.2, 0.25) is 0 Å². The quantitative estimate of drug-likeness (QED) is 0.853. The van der Waals surface area contributed by atoms with Crippen LogP contribution in [0.1, 0.15) is 44.1 Å². The highest BCUT2D eigenvalue weighted by Gasteiger charge is 2.36. The molecular formula is C16H21F2N. The van der Waals surface area contributed by atoms with Crippen molar-refractivity contribution in [3.8, 4) is 0 Å². The molecule has 104 valence electrons. The highest BCUT2D eigenvalue weighted by molar-refractivity contribution is 5.21. The predicted molar refractivity (Wildman–Crippen MR) is 72.0 cm³/mol. The average Bonchev–Trinajstić information content (AvgIpc) is 3.12. The molecule has 0 aliphatic heterocycles. The lowest BCUT2D eigenvalue weighted by Gasteiger charge is -2.30. The Balaban J connectivity index is 1.76. The number of halogens is 2. The van der Waals surface area contributed by atoms with Crippen molar-refractivity contribution >= 4 is 0 Å². The molecule has 3 heteroatoms. The van der Waals surface area contributed by atoms with Gasteiger partial charge in [-0.25, -0.2) is 8.78 Å². The summed E-state index contributed by atoms with van der Waals surface area (Å²) in [4.78, 5) is 0. The number of hydrogen-bond donors (Lipinski definition) is 1. The molecule has 0 saturated heterocycles. The minimum Gasteiger partial charge on any atom is -0.313 e. The second kappa shape index (κ2) is 5.20. The van der Waals surface area contributed by atoms with Crippen molar-refractivity contribution in [2.75, 3.05) is 6.54 Å². The predicted octanol–water partition coefficient (Wildman–Crippen LogP) is 3.82. The van der Waals surface area contributed by atoms with E-state index in [9.17, 15) is 8.78 Å². The first kappa shape index (κ1) is 13.0. The molecule has 0 heterocycles. The van der Waals surface area contributed by atoms with E-state index >= 15 is 0 Å². The molecule has 0 unspecified atom stereocenters. The van der Waals surface area contributed by atoms with E-state index in [4.69, 9.17) is 0 Å². The van der Waals surface area contributed by atoms with Gasteiger partial charge < -0.3 is 5.32 Å². The minimum atomic E-state index is -0.391. The molecular weight excluding hydrogens is 244 g/mol. The Labute approximate surface area is 113 Å². The Bertz CT molecular complexity index is 428. The van der Waals surface area contributed by atoms with E-state index in [1.165, 1.54) is 43.9 Å². The second-order valence-corrected chi connectivity index (χ2v) is 6.24. The van der Waals surface area contributed by atoms with Crippen molar-refractivity contribution in [3.05, 3.63) is 35.4 Å². The van der Waals surface area contributed by atoms with E-state index < -0.39 is 11.6 Å². The van der Waals surface area contributed by atoms with Crippen molar-refractivity contribution in [1.29, 1.82) is 0 Å². The Morgan fingerprint density at radius 1 is 1.11 bits per heavy atom. The van der Waals surface area contributed by atoms with Crippen LogP contribution in [0.2, 0.25) is 0 Å². The first-order valence-corrected chi connectivity index (χ1v) is 7.35. The summed E-state index contributed by atoms with van der Waals surface area (Å²) in [5.74, 6) is -0.782. The zero-order valence-corrected chi connectivity index (χ0v) is 11.2. The molecule has 1 N–H and O–H groups in total. The van der Waals surface area contributed by atoms with Crippen LogP contribution in [-0.2, 0) is 6.42 Å². The number of rotatable bonds is 5. The molecule has 1 aromatic carbocycles. The largest absolute Gasteiger partial charge is 0.313 e. The highest BCUT2D eigenvalue weighted by atomic mass is 19.1. The van der Waals surface area contributed by atoms with Crippen LogP contribution in [0.3, 0.4) is 0 Å². The highest BCUT2D eigenvalue weighted by Crippen LogP contribution is 2.41. The summed E-state index contributed by atoms with van der Waals surface area (Å²) in [6, 6.07) is 4.84. The van der Waals surface area contributed by atoms with Crippen LogP contribution in [0, 0.1) is 17.0 Å². The van der Waals surface area contributed by atoms with Crippen molar-refractivity contribution < 1.29 is 8.78 Å². The Morgan fingerprint density at radius 2 is 1.74 bits per heavy atom. The smallest absolute Gasteiger partial charge is 0.129 e. The fourth-order valence-corrected chi connectivity index (χ4v) is 3.27. The van der Waals surface area contributed by atoms with Gasteiger partial charge in [-0.1, -0.05) is 18.9 Å². The molecule has 0 radical (unpaired) electrons. The molecule has 1 nitrogen and oxygen atoms in total. The van der Waals surface area contributed by atoms with Gasteiger partial charge in [-0.15, -0.1) is 0 Å². The summed E-state index contributed by atoms with van der Waals surface area (Å²) < 4.78 is 27.6. The third kappa shape index (κ3) is 2.97. The molecule has 0 aromatic heterocycles. The van der Waals surface area contributed by atoms with Crippen LogP contribution < -0.4 is 5.32 Å². The Morgan fingerprint density at radius 3 is 2.32 bits per heavy atom. The molecule has 3 rings (SSSR count). The van der Waals surface area contributed by atoms with Gasteiger partial charge in [0, 0.05) is 18.2 Å². The summed E-state index contributed by atoms with van der Waals surface area (Å²) in [6.07, 6.45) is 7.57. The van der Waals surface area contributed by atoms with E-state index in [0.29, 0.717) is 12.5 Å². The maximum Gasteiger partial charge on any atom is 0.129 e. The van der Waals surface area contributed by atoms with Crippen LogP contribution in [-0.4, -0.2) is 12.6 Å². The number of benzene rings is 1. The molecule has 2 saturated carbocycles. The minimum absolute atomic E-state index is 0.0611. The van der Waals surface area contributed by atoms with Gasteiger partial charge >= 0.3 is 0 Å². The Kier molecular flexibility index (Phi) is 3.57. The van der Waals surface area contributed by atoms with Crippen LogP contribution in [0.25, 0.3) is 0 Å². The van der Waals surface area contributed by atoms with E-state index in [0.717, 1.165) is 19.4 Å². The molecule has 0 atom stereocenters. The monoisotopic (exact) mass is 265 g/mol. The third-order valence-electron chi connectivity index (χ3n) is 4.62. The molecule has 2 aliphatic carbocycles. The zero-order valence-electron chi connectivity index (χ0n) is 11.2. The van der Waals surface area contributed by atoms with Crippen LogP contribution in [0.4, 0.5) is 8.78 Å². The van der Waals surface area contributed by atoms with Gasteiger partial charge in [-0.3, -0.25) is 0 Å². The zero-order chi connectivity index (χ0) is 13.3. The van der Waals surface area contributed by atoms with E-state index in [1.807, 2.05) is 0 Å². The average molecular weight is 265 g/mol. The SMILES string of the molecule is Fc1cccc(F)c1CC1(CNC2CC2)CCCC1. The number of hydrogen-bond acceptors (Lipinski definition) is 1. The van der Waals surface area contributed by atoms with Gasteiger partial charge in [-0.2, -0.15) is 0 Å². The molecule has 19 heavy (non-hydrogen) atoms. The molecule has 0 amide bonds. The lowest BCUT2D eigenvalue weighted by Crippen LogP contribution is -2.35. The second-order valence-electron chi connectivity index (χ2n) is 6.24. The normalized spacial score (nSPS) is 21.8. The van der Waals surface area contributed by atoms with Gasteiger partial charge in [0.1, 0.15) is 11.6 Å². The summed E-state index contributed by atoms with van der Waals surface area (Å²) in [5, 5.41) is 3.55. The lowest BCUT2D eigenvalue weighted by molar-refractivity contribution is 0.269. The van der Waals surface area contributed by atoms with Gasteiger partial charge in [0.25, 0.3) is 0 Å². The van der Waals surface area contributed by atoms with Crippen LogP contribution >= 0.6 is 0 Å². The summed E-state index contributed by atoms with van der Waals surface area (Å²) >= 11 is 0. The molecule has 0 spiro atoms. The topological polar surface area (TPSA) is 12.0 Å². The van der Waals surface area contributed by atoms with E-state index in [1.54, 1.807) is 0 Å². The van der Waals surface area contributed by atoms with Crippen molar-refractivity contribution in [2.45, 2.75) is 51.0 Å². The summed E-state index contributed by atoms with van der Waals surface area (Å²) in [5.41, 5.74) is 0.341. The fourth-order valence-electron chi connectivity index (χ4n) is 3.27. The number of nitrogens with one attached hydrogen (secondary N) is 1. The maximum atomic E-state index is 13.8. The Hall–Kier alpha value is -0.960. The van der Waals surface area contributed by atoms with Gasteiger partial charge in [0.05, 0.1) is 0 Å². The molecule has 2 fully saturated rings. The van der Waals surface area contributed by atoms with Crippen molar-refractivity contribution in [3.63, 3.8) is 0 Å². The fraction of sp³-hybridized carbons (Fsp3) is 0.625. The third-order valence-corrected chi connectivity index (χ3v) is 4.62. The van der Waals surface area contributed by atoms with Crippen LogP contribution in [0.15, 0.2) is 18.2 Å². The molecule has 1 aromatic rings. The van der Waals surface area contributed by atoms with Crippen LogP contribution in [0.5, 0.6) is 0 Å². The lowest BCUT2D eigenvalue weighted by atomic mass is 9.79. The van der Waals surface area contributed by atoms with Crippen molar-refractivity contribution in [2.24, 2.45) is 5.41 Å². The first-order valence-electron chi connectivity index (χ1n) is 7.35.